The van der Waals surface area contributed by atoms with Crippen molar-refractivity contribution in [2.45, 2.75) is 33.0 Å². The molecule has 0 fully saturated rings. The fourth-order valence-corrected chi connectivity index (χ4v) is 2.76. The quantitative estimate of drug-likeness (QED) is 0.392. The molecule has 2 aromatic rings. The molecule has 0 saturated heterocycles. The maximum absolute atomic E-state index is 9.76. The van der Waals surface area contributed by atoms with E-state index in [9.17, 15) is 5.11 Å². The van der Waals surface area contributed by atoms with Crippen LogP contribution >= 0.6 is 0 Å². The zero-order valence-electron chi connectivity index (χ0n) is 15.3. The molecule has 0 amide bonds. The molecule has 8 nitrogen and oxygen atoms in total. The van der Waals surface area contributed by atoms with Crippen LogP contribution in [0.2, 0.25) is 0 Å². The molecule has 2 aromatic heterocycles. The van der Waals surface area contributed by atoms with Gasteiger partial charge >= 0.3 is 0 Å². The molecule has 25 heavy (non-hydrogen) atoms. The Balaban J connectivity index is 1.71. The number of aliphatic hydroxyl groups excluding tert-OH is 1. The highest BCUT2D eigenvalue weighted by molar-refractivity contribution is 4.97. The summed E-state index contributed by atoms with van der Waals surface area (Å²) in [5.41, 5.74) is 2.21. The zero-order valence-corrected chi connectivity index (χ0v) is 15.3. The molecule has 0 spiro atoms. The number of aromatic amines is 2. The molecule has 2 heterocycles. The first-order valence-corrected chi connectivity index (χ1v) is 8.97. The third-order valence-corrected chi connectivity index (χ3v) is 4.13. The summed E-state index contributed by atoms with van der Waals surface area (Å²) < 4.78 is 0. The first-order valence-electron chi connectivity index (χ1n) is 8.97. The molecule has 0 unspecified atom stereocenters. The van der Waals surface area contributed by atoms with Crippen molar-refractivity contribution in [2.24, 2.45) is 0 Å². The average molecular weight is 349 g/mol. The molecular formula is C17H31N7O. The van der Waals surface area contributed by atoms with Gasteiger partial charge in [-0.15, -0.1) is 0 Å². The lowest BCUT2D eigenvalue weighted by atomic mass is 10.3. The second-order valence-corrected chi connectivity index (χ2v) is 6.36. The Kier molecular flexibility index (Phi) is 8.61. The van der Waals surface area contributed by atoms with Crippen molar-refractivity contribution in [1.29, 1.82) is 0 Å². The van der Waals surface area contributed by atoms with E-state index >= 15 is 0 Å². The van der Waals surface area contributed by atoms with Crippen molar-refractivity contribution in [1.82, 2.24) is 35.5 Å². The van der Waals surface area contributed by atoms with E-state index in [0.717, 1.165) is 57.2 Å². The van der Waals surface area contributed by atoms with Gasteiger partial charge in [-0.2, -0.15) is 10.2 Å². The molecule has 1 atom stereocenters. The van der Waals surface area contributed by atoms with Gasteiger partial charge in [-0.3, -0.25) is 20.0 Å². The Morgan fingerprint density at radius 3 is 2.36 bits per heavy atom. The highest BCUT2D eigenvalue weighted by Gasteiger charge is 2.11. The predicted molar refractivity (Wildman–Crippen MR) is 98.0 cm³/mol. The standard InChI is InChI=1S/C17H31N7O/c1-3-23(14-17-5-7-20-22-17)10-11-24(13-15(2)25)9-8-18-12-16-4-6-19-21-16/h4-7,15,18,25H,3,8-14H2,1-2H3,(H,19,21)(H,20,22)/t15-/m0/s1. The first kappa shape index (κ1) is 19.6. The largest absolute Gasteiger partial charge is 0.392 e. The molecule has 0 saturated carbocycles. The third-order valence-electron chi connectivity index (χ3n) is 4.13. The van der Waals surface area contributed by atoms with Gasteiger partial charge in [0.2, 0.25) is 0 Å². The van der Waals surface area contributed by atoms with Crippen LogP contribution in [-0.2, 0) is 13.1 Å². The van der Waals surface area contributed by atoms with Crippen LogP contribution in [0.1, 0.15) is 25.2 Å². The Morgan fingerprint density at radius 2 is 1.76 bits per heavy atom. The van der Waals surface area contributed by atoms with Crippen molar-refractivity contribution in [3.05, 3.63) is 35.9 Å². The molecule has 0 radical (unpaired) electrons. The van der Waals surface area contributed by atoms with Crippen LogP contribution in [0.15, 0.2) is 24.5 Å². The Bertz CT molecular complexity index is 541. The van der Waals surface area contributed by atoms with Crippen LogP contribution in [0.25, 0.3) is 0 Å². The molecule has 0 aromatic carbocycles. The minimum Gasteiger partial charge on any atom is -0.392 e. The smallest absolute Gasteiger partial charge is 0.0639 e. The number of aliphatic hydroxyl groups is 1. The van der Waals surface area contributed by atoms with Crippen LogP contribution < -0.4 is 5.32 Å². The molecule has 0 aliphatic heterocycles. The van der Waals surface area contributed by atoms with Gasteiger partial charge in [0.15, 0.2) is 0 Å². The second kappa shape index (κ2) is 11.0. The minimum absolute atomic E-state index is 0.324. The maximum atomic E-state index is 9.76. The van der Waals surface area contributed by atoms with E-state index < -0.39 is 0 Å². The van der Waals surface area contributed by atoms with E-state index in [1.165, 1.54) is 0 Å². The number of nitrogens with one attached hydrogen (secondary N) is 3. The van der Waals surface area contributed by atoms with Gasteiger partial charge in [-0.1, -0.05) is 6.92 Å². The summed E-state index contributed by atoms with van der Waals surface area (Å²) in [5, 5.41) is 27.1. The SMILES string of the molecule is CCN(CCN(CCNCc1ccn[nH]1)C[C@H](C)O)Cc1ccn[nH]1. The zero-order chi connectivity index (χ0) is 17.9. The van der Waals surface area contributed by atoms with Crippen LogP contribution in [0.4, 0.5) is 0 Å². The van der Waals surface area contributed by atoms with Gasteiger partial charge < -0.3 is 10.4 Å². The van der Waals surface area contributed by atoms with E-state index in [1.807, 2.05) is 19.1 Å². The fourth-order valence-electron chi connectivity index (χ4n) is 2.76. The monoisotopic (exact) mass is 349 g/mol. The lowest BCUT2D eigenvalue weighted by Gasteiger charge is -2.27. The molecule has 8 heteroatoms. The number of hydrogen-bond acceptors (Lipinski definition) is 6. The summed E-state index contributed by atoms with van der Waals surface area (Å²) in [4.78, 5) is 4.68. The molecule has 2 rings (SSSR count). The summed E-state index contributed by atoms with van der Waals surface area (Å²) in [6.45, 7) is 11.0. The van der Waals surface area contributed by atoms with Crippen molar-refractivity contribution in [3.8, 4) is 0 Å². The van der Waals surface area contributed by atoms with Crippen LogP contribution in [0.5, 0.6) is 0 Å². The topological polar surface area (TPSA) is 96.1 Å². The maximum Gasteiger partial charge on any atom is 0.0639 e. The van der Waals surface area contributed by atoms with E-state index in [1.54, 1.807) is 12.4 Å². The fraction of sp³-hybridized carbons (Fsp3) is 0.647. The van der Waals surface area contributed by atoms with E-state index in [2.05, 4.69) is 42.4 Å². The molecule has 0 bridgehead atoms. The minimum atomic E-state index is -0.324. The van der Waals surface area contributed by atoms with E-state index in [4.69, 9.17) is 0 Å². The molecule has 0 aliphatic carbocycles. The summed E-state index contributed by atoms with van der Waals surface area (Å²) in [6.07, 6.45) is 3.22. The van der Waals surface area contributed by atoms with Crippen LogP contribution in [0, 0.1) is 0 Å². The number of hydrogen-bond donors (Lipinski definition) is 4. The molecule has 0 aliphatic rings. The Labute approximate surface area is 149 Å². The molecule has 140 valence electrons. The highest BCUT2D eigenvalue weighted by atomic mass is 16.3. The van der Waals surface area contributed by atoms with Gasteiger partial charge in [-0.25, -0.2) is 0 Å². The van der Waals surface area contributed by atoms with Crippen LogP contribution in [-0.4, -0.2) is 80.7 Å². The third kappa shape index (κ3) is 7.78. The average Bonchev–Trinajstić information content (AvgIpc) is 3.28. The van der Waals surface area contributed by atoms with Gasteiger partial charge in [0.25, 0.3) is 0 Å². The number of likely N-dealkylation sites (N-methyl/N-ethyl adjacent to an activating group) is 1. The summed E-state index contributed by atoms with van der Waals surface area (Å²) >= 11 is 0. The van der Waals surface area contributed by atoms with Crippen molar-refractivity contribution < 1.29 is 5.11 Å². The van der Waals surface area contributed by atoms with E-state index in [0.29, 0.717) is 6.54 Å². The number of rotatable bonds is 13. The lowest BCUT2D eigenvalue weighted by Crippen LogP contribution is -2.41. The number of H-pyrrole nitrogens is 2. The molecular weight excluding hydrogens is 318 g/mol. The van der Waals surface area contributed by atoms with Crippen LogP contribution in [0.3, 0.4) is 0 Å². The van der Waals surface area contributed by atoms with Gasteiger partial charge in [-0.05, 0) is 25.6 Å². The first-order chi connectivity index (χ1) is 12.2. The second-order valence-electron chi connectivity index (χ2n) is 6.36. The highest BCUT2D eigenvalue weighted by Crippen LogP contribution is 2.01. The normalized spacial score (nSPS) is 13.0. The molecule has 4 N–H and O–H groups in total. The van der Waals surface area contributed by atoms with Gasteiger partial charge in [0.05, 0.1) is 6.10 Å². The Morgan fingerprint density at radius 1 is 1.08 bits per heavy atom. The van der Waals surface area contributed by atoms with Crippen molar-refractivity contribution in [3.63, 3.8) is 0 Å². The predicted octanol–water partition coefficient (Wildman–Crippen LogP) is 0.427. The van der Waals surface area contributed by atoms with Crippen molar-refractivity contribution in [2.75, 3.05) is 39.3 Å². The number of aromatic nitrogens is 4. The van der Waals surface area contributed by atoms with Crippen molar-refractivity contribution >= 4 is 0 Å². The summed E-state index contributed by atoms with van der Waals surface area (Å²) in [5.74, 6) is 0. The Hall–Kier alpha value is -1.74. The van der Waals surface area contributed by atoms with E-state index in [-0.39, 0.29) is 6.10 Å². The van der Waals surface area contributed by atoms with Gasteiger partial charge in [0, 0.05) is 69.6 Å². The number of nitrogens with zero attached hydrogens (tertiary/aromatic N) is 4. The van der Waals surface area contributed by atoms with Gasteiger partial charge in [0.1, 0.15) is 0 Å². The lowest BCUT2D eigenvalue weighted by molar-refractivity contribution is 0.116. The summed E-state index contributed by atoms with van der Waals surface area (Å²) in [7, 11) is 0. The summed E-state index contributed by atoms with van der Waals surface area (Å²) in [6, 6.07) is 3.98.